The van der Waals surface area contributed by atoms with E-state index in [9.17, 15) is 4.79 Å². The van der Waals surface area contributed by atoms with Crippen LogP contribution in [0.15, 0.2) is 48.8 Å². The lowest BCUT2D eigenvalue weighted by Gasteiger charge is -2.26. The summed E-state index contributed by atoms with van der Waals surface area (Å²) in [6, 6.07) is 12.0. The van der Waals surface area contributed by atoms with E-state index in [0.29, 0.717) is 5.56 Å². The minimum atomic E-state index is 0.106. The lowest BCUT2D eigenvalue weighted by molar-refractivity contribution is 0.0724. The molecule has 2 aromatic rings. The van der Waals surface area contributed by atoms with Crippen molar-refractivity contribution in [2.75, 3.05) is 13.1 Å². The molecule has 2 heterocycles. The van der Waals surface area contributed by atoms with Gasteiger partial charge < -0.3 is 4.90 Å². The van der Waals surface area contributed by atoms with Crippen molar-refractivity contribution in [3.05, 3.63) is 54.4 Å². The smallest absolute Gasteiger partial charge is 0.255 e. The molecule has 0 saturated carbocycles. The van der Waals surface area contributed by atoms with E-state index < -0.39 is 0 Å². The van der Waals surface area contributed by atoms with E-state index in [2.05, 4.69) is 4.98 Å². The molecule has 0 atom stereocenters. The summed E-state index contributed by atoms with van der Waals surface area (Å²) in [4.78, 5) is 18.6. The summed E-state index contributed by atoms with van der Waals surface area (Å²) in [6.07, 6.45) is 6.92. The molecule has 3 heteroatoms. The van der Waals surface area contributed by atoms with Gasteiger partial charge in [-0.25, -0.2) is 0 Å². The first-order valence-corrected chi connectivity index (χ1v) is 7.14. The monoisotopic (exact) mass is 266 g/mol. The molecule has 0 radical (unpaired) electrons. The fourth-order valence-corrected chi connectivity index (χ4v) is 2.62. The molecule has 3 rings (SSSR count). The average Bonchev–Trinajstić information content (AvgIpc) is 2.56. The zero-order valence-corrected chi connectivity index (χ0v) is 11.5. The highest BCUT2D eigenvalue weighted by Gasteiger charge is 2.18. The van der Waals surface area contributed by atoms with Gasteiger partial charge in [0.15, 0.2) is 0 Å². The Kier molecular flexibility index (Phi) is 3.77. The van der Waals surface area contributed by atoms with Crippen molar-refractivity contribution in [2.24, 2.45) is 0 Å². The minimum Gasteiger partial charge on any atom is -0.339 e. The molecule has 1 aliphatic heterocycles. The number of carbonyl (C=O) groups excluding carboxylic acids is 1. The number of hydrogen-bond donors (Lipinski definition) is 0. The van der Waals surface area contributed by atoms with Crippen LogP contribution < -0.4 is 0 Å². The van der Waals surface area contributed by atoms with E-state index in [4.69, 9.17) is 0 Å². The summed E-state index contributed by atoms with van der Waals surface area (Å²) in [7, 11) is 0. The van der Waals surface area contributed by atoms with Gasteiger partial charge in [0, 0.05) is 31.0 Å². The predicted octanol–water partition coefficient (Wildman–Crippen LogP) is 3.37. The average molecular weight is 266 g/mol. The number of pyridine rings is 1. The molecule has 0 N–H and O–H groups in total. The predicted molar refractivity (Wildman–Crippen MR) is 79.4 cm³/mol. The van der Waals surface area contributed by atoms with Crippen molar-refractivity contribution in [1.82, 2.24) is 9.88 Å². The number of benzene rings is 1. The van der Waals surface area contributed by atoms with E-state index in [1.807, 2.05) is 47.5 Å². The summed E-state index contributed by atoms with van der Waals surface area (Å²) in [5.74, 6) is 0.106. The van der Waals surface area contributed by atoms with Crippen LogP contribution >= 0.6 is 0 Å². The van der Waals surface area contributed by atoms with Gasteiger partial charge >= 0.3 is 0 Å². The van der Waals surface area contributed by atoms with Crippen LogP contribution in [-0.4, -0.2) is 28.9 Å². The second-order valence-corrected chi connectivity index (χ2v) is 5.18. The largest absolute Gasteiger partial charge is 0.339 e. The molecular weight excluding hydrogens is 248 g/mol. The zero-order chi connectivity index (χ0) is 13.8. The topological polar surface area (TPSA) is 33.2 Å². The Bertz CT molecular complexity index is 589. The molecule has 0 bridgehead atoms. The van der Waals surface area contributed by atoms with Gasteiger partial charge in [0.25, 0.3) is 5.91 Å². The Labute approximate surface area is 119 Å². The molecular formula is C17H18N2O. The molecule has 20 heavy (non-hydrogen) atoms. The number of hydrogen-bond acceptors (Lipinski definition) is 2. The van der Waals surface area contributed by atoms with E-state index in [1.54, 1.807) is 6.20 Å². The Morgan fingerprint density at radius 2 is 1.70 bits per heavy atom. The lowest BCUT2D eigenvalue weighted by Crippen LogP contribution is -2.35. The van der Waals surface area contributed by atoms with E-state index in [-0.39, 0.29) is 5.91 Å². The van der Waals surface area contributed by atoms with Gasteiger partial charge in [-0.1, -0.05) is 30.3 Å². The summed E-state index contributed by atoms with van der Waals surface area (Å²) in [5.41, 5.74) is 2.77. The zero-order valence-electron chi connectivity index (χ0n) is 11.5. The molecule has 1 fully saturated rings. The van der Waals surface area contributed by atoms with E-state index in [1.165, 1.54) is 6.42 Å². The number of amides is 1. The molecule has 3 nitrogen and oxygen atoms in total. The third-order valence-electron chi connectivity index (χ3n) is 3.74. The Morgan fingerprint density at radius 3 is 2.45 bits per heavy atom. The molecule has 1 aromatic heterocycles. The van der Waals surface area contributed by atoms with Crippen LogP contribution in [0.5, 0.6) is 0 Å². The van der Waals surface area contributed by atoms with Crippen LogP contribution in [0.3, 0.4) is 0 Å². The minimum absolute atomic E-state index is 0.106. The summed E-state index contributed by atoms with van der Waals surface area (Å²) < 4.78 is 0. The van der Waals surface area contributed by atoms with Crippen LogP contribution in [0, 0.1) is 0 Å². The van der Waals surface area contributed by atoms with Crippen molar-refractivity contribution in [3.8, 4) is 11.1 Å². The van der Waals surface area contributed by atoms with Crippen molar-refractivity contribution in [1.29, 1.82) is 0 Å². The first kappa shape index (κ1) is 12.9. The fourth-order valence-electron chi connectivity index (χ4n) is 2.62. The summed E-state index contributed by atoms with van der Waals surface area (Å²) in [6.45, 7) is 1.74. The molecule has 0 unspecified atom stereocenters. The molecule has 1 saturated heterocycles. The van der Waals surface area contributed by atoms with Gasteiger partial charge in [-0.3, -0.25) is 9.78 Å². The summed E-state index contributed by atoms with van der Waals surface area (Å²) >= 11 is 0. The molecule has 1 amide bonds. The number of aromatic nitrogens is 1. The Hall–Kier alpha value is -2.16. The van der Waals surface area contributed by atoms with Gasteiger partial charge in [-0.15, -0.1) is 0 Å². The highest BCUT2D eigenvalue weighted by molar-refractivity contribution is 5.95. The molecule has 1 aromatic carbocycles. The van der Waals surface area contributed by atoms with Crippen molar-refractivity contribution < 1.29 is 4.79 Å². The van der Waals surface area contributed by atoms with E-state index in [0.717, 1.165) is 37.1 Å². The third-order valence-corrected chi connectivity index (χ3v) is 3.74. The first-order valence-electron chi connectivity index (χ1n) is 7.14. The molecule has 0 aliphatic carbocycles. The quantitative estimate of drug-likeness (QED) is 0.835. The van der Waals surface area contributed by atoms with Crippen LogP contribution in [0.25, 0.3) is 11.1 Å². The normalized spacial score (nSPS) is 15.1. The third kappa shape index (κ3) is 2.72. The Morgan fingerprint density at radius 1 is 0.950 bits per heavy atom. The summed E-state index contributed by atoms with van der Waals surface area (Å²) in [5, 5.41) is 0. The maximum Gasteiger partial charge on any atom is 0.255 e. The lowest BCUT2D eigenvalue weighted by atomic mass is 10.0. The molecule has 1 aliphatic rings. The second-order valence-electron chi connectivity index (χ2n) is 5.18. The first-order chi connectivity index (χ1) is 9.84. The van der Waals surface area contributed by atoms with Crippen molar-refractivity contribution in [2.45, 2.75) is 19.3 Å². The van der Waals surface area contributed by atoms with Crippen molar-refractivity contribution >= 4 is 5.91 Å². The van der Waals surface area contributed by atoms with Gasteiger partial charge in [0.05, 0.1) is 5.56 Å². The highest BCUT2D eigenvalue weighted by atomic mass is 16.2. The van der Waals surface area contributed by atoms with E-state index >= 15 is 0 Å². The second kappa shape index (κ2) is 5.87. The van der Waals surface area contributed by atoms with Gasteiger partial charge in [0.1, 0.15) is 0 Å². The van der Waals surface area contributed by atoms with Crippen molar-refractivity contribution in [3.63, 3.8) is 0 Å². The highest BCUT2D eigenvalue weighted by Crippen LogP contribution is 2.20. The number of nitrogens with zero attached hydrogens (tertiary/aromatic N) is 2. The number of piperidine rings is 1. The van der Waals surface area contributed by atoms with Gasteiger partial charge in [-0.05, 0) is 30.9 Å². The van der Waals surface area contributed by atoms with Gasteiger partial charge in [-0.2, -0.15) is 0 Å². The SMILES string of the molecule is O=C(c1cncc(-c2ccccc2)c1)N1CCCCC1. The number of carbonyl (C=O) groups is 1. The van der Waals surface area contributed by atoms with Gasteiger partial charge in [0.2, 0.25) is 0 Å². The number of rotatable bonds is 2. The van der Waals surface area contributed by atoms with Crippen LogP contribution in [0.1, 0.15) is 29.6 Å². The van der Waals surface area contributed by atoms with Crippen LogP contribution in [-0.2, 0) is 0 Å². The molecule has 102 valence electrons. The molecule has 0 spiro atoms. The fraction of sp³-hybridized carbons (Fsp3) is 0.294. The van der Waals surface area contributed by atoms with Crippen LogP contribution in [0.4, 0.5) is 0 Å². The maximum absolute atomic E-state index is 12.5. The Balaban J connectivity index is 1.85. The standard InChI is InChI=1S/C17H18N2O/c20-17(19-9-5-2-6-10-19)16-11-15(12-18-13-16)14-7-3-1-4-8-14/h1,3-4,7-8,11-13H,2,5-6,9-10H2. The van der Waals surface area contributed by atoms with Crippen LogP contribution in [0.2, 0.25) is 0 Å². The number of likely N-dealkylation sites (tertiary alicyclic amines) is 1. The maximum atomic E-state index is 12.5.